The molecule has 0 aromatic rings. The molecule has 0 aromatic carbocycles. The number of hydrogen-bond donors (Lipinski definition) is 2. The smallest absolute Gasteiger partial charge is 0.0861 e. The third-order valence-electron chi connectivity index (χ3n) is 1.26. The van der Waals surface area contributed by atoms with Gasteiger partial charge < -0.3 is 5.73 Å². The summed E-state index contributed by atoms with van der Waals surface area (Å²) in [7, 11) is 0. The van der Waals surface area contributed by atoms with Crippen LogP contribution in [0.5, 0.6) is 0 Å². The van der Waals surface area contributed by atoms with Crippen molar-refractivity contribution in [1.82, 2.24) is 5.48 Å². The molecular formula is C7H16N2O. The van der Waals surface area contributed by atoms with Crippen molar-refractivity contribution in [3.05, 3.63) is 12.7 Å². The maximum Gasteiger partial charge on any atom is 0.0861 e. The van der Waals surface area contributed by atoms with Crippen LogP contribution in [-0.4, -0.2) is 18.7 Å². The van der Waals surface area contributed by atoms with Crippen LogP contribution in [0.15, 0.2) is 12.7 Å². The van der Waals surface area contributed by atoms with Crippen LogP contribution in [0.25, 0.3) is 0 Å². The molecular weight excluding hydrogens is 128 g/mol. The predicted octanol–water partition coefficient (Wildman–Crippen LogP) is 0.429. The maximum absolute atomic E-state index is 5.55. The summed E-state index contributed by atoms with van der Waals surface area (Å²) in [4.78, 5) is 4.96. The van der Waals surface area contributed by atoms with Gasteiger partial charge >= 0.3 is 0 Å². The van der Waals surface area contributed by atoms with E-state index in [1.807, 2.05) is 13.8 Å². The van der Waals surface area contributed by atoms with Crippen molar-refractivity contribution >= 4 is 0 Å². The number of nitrogens with two attached hydrogens (primary N) is 1. The third-order valence-corrected chi connectivity index (χ3v) is 1.26. The van der Waals surface area contributed by atoms with Gasteiger partial charge in [-0.3, -0.25) is 4.84 Å². The van der Waals surface area contributed by atoms with E-state index in [2.05, 4.69) is 12.1 Å². The summed E-state index contributed by atoms with van der Waals surface area (Å²) in [6, 6.07) is 0.282. The molecule has 0 aromatic heterocycles. The molecule has 0 fully saturated rings. The standard InChI is InChI=1S/C7H16N2O/c1-4-5-10-9-7(3)6(2)8/h4,6-7,9H,1,5,8H2,2-3H3. The van der Waals surface area contributed by atoms with Crippen molar-refractivity contribution in [1.29, 1.82) is 0 Å². The van der Waals surface area contributed by atoms with Crippen LogP contribution < -0.4 is 11.2 Å². The molecule has 0 heterocycles. The fourth-order valence-electron chi connectivity index (χ4n) is 0.346. The highest BCUT2D eigenvalue weighted by atomic mass is 16.6. The Morgan fingerprint density at radius 3 is 2.70 bits per heavy atom. The van der Waals surface area contributed by atoms with Crippen LogP contribution in [0.1, 0.15) is 13.8 Å². The molecule has 3 nitrogen and oxygen atoms in total. The molecule has 0 bridgehead atoms. The van der Waals surface area contributed by atoms with Crippen molar-refractivity contribution < 1.29 is 4.84 Å². The molecule has 60 valence electrons. The molecule has 10 heavy (non-hydrogen) atoms. The molecule has 0 saturated carbocycles. The number of nitrogens with one attached hydrogen (secondary N) is 1. The zero-order valence-electron chi connectivity index (χ0n) is 6.63. The van der Waals surface area contributed by atoms with Gasteiger partial charge in [-0.05, 0) is 13.8 Å². The zero-order chi connectivity index (χ0) is 7.98. The molecule has 0 aliphatic carbocycles. The van der Waals surface area contributed by atoms with Crippen molar-refractivity contribution in [2.45, 2.75) is 25.9 Å². The molecule has 2 unspecified atom stereocenters. The molecule has 0 aliphatic rings. The minimum absolute atomic E-state index is 0.102. The van der Waals surface area contributed by atoms with Crippen LogP contribution in [0.4, 0.5) is 0 Å². The summed E-state index contributed by atoms with van der Waals surface area (Å²) < 4.78 is 0. The normalized spacial score (nSPS) is 16.3. The van der Waals surface area contributed by atoms with E-state index in [1.165, 1.54) is 0 Å². The summed E-state index contributed by atoms with van der Waals surface area (Å²) >= 11 is 0. The fourth-order valence-corrected chi connectivity index (χ4v) is 0.346. The second-order valence-corrected chi connectivity index (χ2v) is 2.37. The Bertz CT molecular complexity index is 93.6. The molecule has 0 spiro atoms. The Morgan fingerprint density at radius 1 is 1.70 bits per heavy atom. The van der Waals surface area contributed by atoms with Crippen LogP contribution in [0.2, 0.25) is 0 Å². The number of rotatable bonds is 5. The van der Waals surface area contributed by atoms with Gasteiger partial charge in [0.15, 0.2) is 0 Å². The van der Waals surface area contributed by atoms with Gasteiger partial charge in [0, 0.05) is 12.1 Å². The zero-order valence-corrected chi connectivity index (χ0v) is 6.63. The van der Waals surface area contributed by atoms with Gasteiger partial charge in [-0.1, -0.05) is 6.08 Å². The van der Waals surface area contributed by atoms with Gasteiger partial charge in [0.25, 0.3) is 0 Å². The van der Waals surface area contributed by atoms with E-state index in [1.54, 1.807) is 6.08 Å². The first-order valence-corrected chi connectivity index (χ1v) is 3.42. The van der Waals surface area contributed by atoms with E-state index < -0.39 is 0 Å². The van der Waals surface area contributed by atoms with E-state index >= 15 is 0 Å². The molecule has 0 rings (SSSR count). The molecule has 0 amide bonds. The Morgan fingerprint density at radius 2 is 2.30 bits per heavy atom. The van der Waals surface area contributed by atoms with Gasteiger partial charge in [0.1, 0.15) is 0 Å². The van der Waals surface area contributed by atoms with Gasteiger partial charge in [0.05, 0.1) is 6.61 Å². The molecule has 3 N–H and O–H groups in total. The highest BCUT2D eigenvalue weighted by molar-refractivity contribution is 4.67. The van der Waals surface area contributed by atoms with Crippen LogP contribution in [0.3, 0.4) is 0 Å². The van der Waals surface area contributed by atoms with Crippen molar-refractivity contribution in [2.75, 3.05) is 6.61 Å². The minimum atomic E-state index is 0.102. The Hall–Kier alpha value is -0.380. The third kappa shape index (κ3) is 4.49. The van der Waals surface area contributed by atoms with E-state index in [-0.39, 0.29) is 12.1 Å². The largest absolute Gasteiger partial charge is 0.326 e. The van der Waals surface area contributed by atoms with E-state index in [0.29, 0.717) is 6.61 Å². The lowest BCUT2D eigenvalue weighted by atomic mass is 10.2. The topological polar surface area (TPSA) is 47.3 Å². The average molecular weight is 144 g/mol. The average Bonchev–Trinajstić information content (AvgIpc) is 1.88. The van der Waals surface area contributed by atoms with Gasteiger partial charge in [0.2, 0.25) is 0 Å². The lowest BCUT2D eigenvalue weighted by Gasteiger charge is -2.15. The van der Waals surface area contributed by atoms with Gasteiger partial charge in [-0.2, -0.15) is 5.48 Å². The Kier molecular flexibility index (Phi) is 5.20. The van der Waals surface area contributed by atoms with Crippen LogP contribution in [-0.2, 0) is 4.84 Å². The second kappa shape index (κ2) is 5.41. The van der Waals surface area contributed by atoms with Crippen molar-refractivity contribution in [3.8, 4) is 0 Å². The molecule has 0 saturated heterocycles. The highest BCUT2D eigenvalue weighted by Crippen LogP contribution is 1.86. The van der Waals surface area contributed by atoms with Crippen LogP contribution in [0, 0.1) is 0 Å². The lowest BCUT2D eigenvalue weighted by molar-refractivity contribution is 0.0345. The van der Waals surface area contributed by atoms with E-state index in [4.69, 9.17) is 10.6 Å². The summed E-state index contributed by atoms with van der Waals surface area (Å²) in [5.41, 5.74) is 8.34. The second-order valence-electron chi connectivity index (χ2n) is 2.37. The molecule has 0 aliphatic heterocycles. The first-order valence-electron chi connectivity index (χ1n) is 3.42. The monoisotopic (exact) mass is 144 g/mol. The number of hydrogen-bond acceptors (Lipinski definition) is 3. The maximum atomic E-state index is 5.55. The summed E-state index contributed by atoms with van der Waals surface area (Å²) in [6.07, 6.45) is 1.68. The Labute approximate surface area is 62.2 Å². The highest BCUT2D eigenvalue weighted by Gasteiger charge is 2.04. The minimum Gasteiger partial charge on any atom is -0.326 e. The summed E-state index contributed by atoms with van der Waals surface area (Å²) in [6.45, 7) is 7.91. The Balaban J connectivity index is 3.21. The lowest BCUT2D eigenvalue weighted by Crippen LogP contribution is -2.40. The molecule has 0 radical (unpaired) electrons. The van der Waals surface area contributed by atoms with Gasteiger partial charge in [-0.15, -0.1) is 6.58 Å². The molecule has 3 heteroatoms. The van der Waals surface area contributed by atoms with Gasteiger partial charge in [-0.25, -0.2) is 0 Å². The SMILES string of the molecule is C=CCONC(C)C(C)N. The van der Waals surface area contributed by atoms with Crippen molar-refractivity contribution in [3.63, 3.8) is 0 Å². The van der Waals surface area contributed by atoms with E-state index in [9.17, 15) is 0 Å². The predicted molar refractivity (Wildman–Crippen MR) is 42.4 cm³/mol. The fraction of sp³-hybridized carbons (Fsp3) is 0.714. The summed E-state index contributed by atoms with van der Waals surface area (Å²) in [5, 5.41) is 0. The van der Waals surface area contributed by atoms with Crippen molar-refractivity contribution in [2.24, 2.45) is 5.73 Å². The van der Waals surface area contributed by atoms with Crippen LogP contribution >= 0.6 is 0 Å². The molecule has 2 atom stereocenters. The summed E-state index contributed by atoms with van der Waals surface area (Å²) in [5.74, 6) is 0. The van der Waals surface area contributed by atoms with E-state index in [0.717, 1.165) is 0 Å². The number of hydroxylamine groups is 1. The quantitative estimate of drug-likeness (QED) is 0.334. The first kappa shape index (κ1) is 9.62. The first-order chi connectivity index (χ1) is 4.68.